The topological polar surface area (TPSA) is 28.2 Å². The third kappa shape index (κ3) is 4.40. The highest BCUT2D eigenvalue weighted by atomic mass is 32.1. The minimum Gasteiger partial charge on any atom is -0.307 e. The number of nitrogens with zero attached hydrogens (tertiary/aromatic N) is 2. The van der Waals surface area contributed by atoms with Crippen LogP contribution in [0.5, 0.6) is 0 Å². The number of nitrogens with one attached hydrogen (secondary N) is 1. The summed E-state index contributed by atoms with van der Waals surface area (Å²) in [5.74, 6) is 0. The molecule has 20 heavy (non-hydrogen) atoms. The lowest BCUT2D eigenvalue weighted by Gasteiger charge is -2.20. The lowest BCUT2D eigenvalue weighted by molar-refractivity contribution is 0.294. The first-order valence-electron chi connectivity index (χ1n) is 7.20. The summed E-state index contributed by atoms with van der Waals surface area (Å²) >= 11 is 1.65. The molecular formula is C16H23N3S. The van der Waals surface area contributed by atoms with E-state index < -0.39 is 0 Å². The molecule has 0 aliphatic rings. The molecule has 2 rings (SSSR count). The molecule has 4 heteroatoms. The molecule has 0 aliphatic carbocycles. The Kier molecular flexibility index (Phi) is 6.18. The van der Waals surface area contributed by atoms with E-state index in [-0.39, 0.29) is 0 Å². The Bertz CT molecular complexity index is 492. The van der Waals surface area contributed by atoms with E-state index in [1.807, 2.05) is 5.51 Å². The molecule has 2 aromatic rings. The van der Waals surface area contributed by atoms with Gasteiger partial charge in [0.05, 0.1) is 11.2 Å². The van der Waals surface area contributed by atoms with Crippen molar-refractivity contribution in [1.82, 2.24) is 15.2 Å². The largest absolute Gasteiger partial charge is 0.307 e. The van der Waals surface area contributed by atoms with Crippen LogP contribution in [-0.4, -0.2) is 23.0 Å². The monoisotopic (exact) mass is 289 g/mol. The number of hydrogen-bond donors (Lipinski definition) is 1. The fraction of sp³-hybridized carbons (Fsp3) is 0.438. The third-order valence-electron chi connectivity index (χ3n) is 3.51. The normalized spacial score (nSPS) is 11.2. The van der Waals surface area contributed by atoms with Gasteiger partial charge in [0, 0.05) is 25.0 Å². The van der Waals surface area contributed by atoms with Crippen molar-refractivity contribution in [3.8, 4) is 0 Å². The van der Waals surface area contributed by atoms with Crippen molar-refractivity contribution >= 4 is 11.3 Å². The van der Waals surface area contributed by atoms with Crippen LogP contribution in [0.15, 0.2) is 35.2 Å². The van der Waals surface area contributed by atoms with E-state index in [1.165, 1.54) is 11.1 Å². The molecule has 0 bridgehead atoms. The van der Waals surface area contributed by atoms with Crippen LogP contribution in [-0.2, 0) is 19.6 Å². The number of rotatable bonds is 8. The predicted molar refractivity (Wildman–Crippen MR) is 85.7 cm³/mol. The Morgan fingerprint density at radius 1 is 1.10 bits per heavy atom. The van der Waals surface area contributed by atoms with Crippen LogP contribution in [0.1, 0.15) is 30.7 Å². The maximum Gasteiger partial charge on any atom is 0.0795 e. The molecule has 0 fully saturated rings. The first-order valence-corrected chi connectivity index (χ1v) is 8.14. The fourth-order valence-corrected chi connectivity index (χ4v) is 2.78. The fourth-order valence-electron chi connectivity index (χ4n) is 2.22. The molecule has 1 heterocycles. The molecule has 1 aromatic heterocycles. The van der Waals surface area contributed by atoms with Gasteiger partial charge in [-0.1, -0.05) is 38.1 Å². The summed E-state index contributed by atoms with van der Waals surface area (Å²) in [6.07, 6.45) is 0. The Morgan fingerprint density at radius 3 is 2.50 bits per heavy atom. The average Bonchev–Trinajstić information content (AvgIpc) is 2.99. The van der Waals surface area contributed by atoms with Gasteiger partial charge in [-0.25, -0.2) is 4.98 Å². The Balaban J connectivity index is 1.93. The van der Waals surface area contributed by atoms with E-state index in [9.17, 15) is 0 Å². The summed E-state index contributed by atoms with van der Waals surface area (Å²) in [6, 6.07) is 8.69. The maximum absolute atomic E-state index is 4.29. The molecular weight excluding hydrogens is 266 g/mol. The predicted octanol–water partition coefficient (Wildman–Crippen LogP) is 3.27. The summed E-state index contributed by atoms with van der Waals surface area (Å²) in [4.78, 5) is 6.74. The van der Waals surface area contributed by atoms with Crippen molar-refractivity contribution in [2.45, 2.75) is 33.5 Å². The van der Waals surface area contributed by atoms with E-state index in [4.69, 9.17) is 0 Å². The van der Waals surface area contributed by atoms with Crippen LogP contribution >= 0.6 is 11.3 Å². The van der Waals surface area contributed by atoms with Crippen molar-refractivity contribution in [2.24, 2.45) is 0 Å². The number of thiazole rings is 1. The number of hydrogen-bond acceptors (Lipinski definition) is 4. The first-order chi connectivity index (χ1) is 9.83. The van der Waals surface area contributed by atoms with Crippen molar-refractivity contribution in [1.29, 1.82) is 0 Å². The van der Waals surface area contributed by atoms with Gasteiger partial charge in [-0.05, 0) is 24.2 Å². The van der Waals surface area contributed by atoms with Gasteiger partial charge in [-0.2, -0.15) is 0 Å². The molecule has 0 amide bonds. The van der Waals surface area contributed by atoms with E-state index >= 15 is 0 Å². The minimum absolute atomic E-state index is 0.836. The summed E-state index contributed by atoms with van der Waals surface area (Å²) in [7, 11) is 0. The van der Waals surface area contributed by atoms with Gasteiger partial charge in [-0.3, -0.25) is 4.90 Å². The minimum atomic E-state index is 0.836. The molecule has 0 spiro atoms. The average molecular weight is 289 g/mol. The van der Waals surface area contributed by atoms with Crippen LogP contribution in [0, 0.1) is 0 Å². The highest BCUT2D eigenvalue weighted by Crippen LogP contribution is 2.12. The molecule has 0 saturated heterocycles. The summed E-state index contributed by atoms with van der Waals surface area (Å²) in [5, 5.41) is 5.57. The van der Waals surface area contributed by atoms with Gasteiger partial charge in [0.25, 0.3) is 0 Å². The van der Waals surface area contributed by atoms with Crippen LogP contribution in [0.25, 0.3) is 0 Å². The molecule has 0 radical (unpaired) electrons. The van der Waals surface area contributed by atoms with Gasteiger partial charge in [0.15, 0.2) is 0 Å². The molecule has 3 nitrogen and oxygen atoms in total. The summed E-state index contributed by atoms with van der Waals surface area (Å²) in [5.41, 5.74) is 5.80. The van der Waals surface area contributed by atoms with Crippen LogP contribution in [0.4, 0.5) is 0 Å². The summed E-state index contributed by atoms with van der Waals surface area (Å²) in [6.45, 7) is 9.38. The van der Waals surface area contributed by atoms with E-state index in [0.29, 0.717) is 0 Å². The molecule has 108 valence electrons. The van der Waals surface area contributed by atoms with Crippen molar-refractivity contribution in [2.75, 3.05) is 13.1 Å². The van der Waals surface area contributed by atoms with Crippen molar-refractivity contribution in [3.05, 3.63) is 52.0 Å². The van der Waals surface area contributed by atoms with Crippen LogP contribution in [0.3, 0.4) is 0 Å². The molecule has 0 aliphatic heterocycles. The van der Waals surface area contributed by atoms with E-state index in [0.717, 1.165) is 38.4 Å². The number of benzene rings is 1. The van der Waals surface area contributed by atoms with Gasteiger partial charge in [0.1, 0.15) is 0 Å². The molecule has 1 N–H and O–H groups in total. The summed E-state index contributed by atoms with van der Waals surface area (Å²) < 4.78 is 0. The molecule has 0 unspecified atom stereocenters. The zero-order valence-electron chi connectivity index (χ0n) is 12.3. The quantitative estimate of drug-likeness (QED) is 0.808. The van der Waals surface area contributed by atoms with Gasteiger partial charge < -0.3 is 5.32 Å². The Labute approximate surface area is 125 Å². The third-order valence-corrected chi connectivity index (χ3v) is 4.15. The Hall–Kier alpha value is -1.23. The smallest absolute Gasteiger partial charge is 0.0795 e. The Morgan fingerprint density at radius 2 is 1.85 bits per heavy atom. The highest BCUT2D eigenvalue weighted by Gasteiger charge is 2.06. The molecule has 0 saturated carbocycles. The number of aromatic nitrogens is 1. The first kappa shape index (κ1) is 15.2. The second-order valence-corrected chi connectivity index (χ2v) is 5.53. The van der Waals surface area contributed by atoms with E-state index in [2.05, 4.69) is 58.7 Å². The zero-order chi connectivity index (χ0) is 14.2. The van der Waals surface area contributed by atoms with Crippen molar-refractivity contribution in [3.63, 3.8) is 0 Å². The van der Waals surface area contributed by atoms with E-state index in [1.54, 1.807) is 11.3 Å². The van der Waals surface area contributed by atoms with Gasteiger partial charge >= 0.3 is 0 Å². The zero-order valence-corrected chi connectivity index (χ0v) is 13.1. The van der Waals surface area contributed by atoms with Gasteiger partial charge in [-0.15, -0.1) is 11.3 Å². The van der Waals surface area contributed by atoms with Crippen molar-refractivity contribution < 1.29 is 0 Å². The molecule has 1 aromatic carbocycles. The van der Waals surface area contributed by atoms with Gasteiger partial charge in [0.2, 0.25) is 0 Å². The molecule has 0 atom stereocenters. The lowest BCUT2D eigenvalue weighted by Crippen LogP contribution is -2.23. The van der Waals surface area contributed by atoms with Crippen LogP contribution in [0.2, 0.25) is 0 Å². The standard InChI is InChI=1S/C16H23N3S/c1-3-19(4-2)11-15-8-6-5-7-14(15)9-17-10-16-12-20-13-18-16/h5-8,12-13,17H,3-4,9-11H2,1-2H3. The lowest BCUT2D eigenvalue weighted by atomic mass is 10.1. The SMILES string of the molecule is CCN(CC)Cc1ccccc1CNCc1cscn1. The maximum atomic E-state index is 4.29. The van der Waals surface area contributed by atoms with Crippen LogP contribution < -0.4 is 5.32 Å². The second kappa shape index (κ2) is 8.15. The highest BCUT2D eigenvalue weighted by molar-refractivity contribution is 7.07. The second-order valence-electron chi connectivity index (χ2n) is 4.81.